The van der Waals surface area contributed by atoms with Crippen molar-refractivity contribution in [3.8, 4) is 0 Å². The molecule has 13 heavy (non-hydrogen) atoms. The molecule has 0 fully saturated rings. The van der Waals surface area contributed by atoms with Crippen LogP contribution in [-0.2, 0) is 6.44 Å². The second-order valence-electron chi connectivity index (χ2n) is 3.56. The van der Waals surface area contributed by atoms with Crippen LogP contribution in [0.1, 0.15) is 0 Å². The Balaban J connectivity index is 2.09. The highest BCUT2D eigenvalue weighted by molar-refractivity contribution is 6.61. The van der Waals surface area contributed by atoms with Gasteiger partial charge in [0.1, 0.15) is 6.44 Å². The molecular weight excluding hydrogens is 161 g/mol. The van der Waals surface area contributed by atoms with Gasteiger partial charge in [0, 0.05) is 12.3 Å². The summed E-state index contributed by atoms with van der Waals surface area (Å²) in [5.74, 6) is 1.29. The molecule has 0 radical (unpaired) electrons. The zero-order valence-electron chi connectivity index (χ0n) is 7.59. The molecule has 0 amide bonds. The molecule has 1 aromatic rings. The molecule has 3 heterocycles. The Hall–Kier alpha value is -1.45. The fourth-order valence-electron chi connectivity index (χ4n) is 2.05. The van der Waals surface area contributed by atoms with Crippen molar-refractivity contribution >= 4 is 12.8 Å². The number of pyridine rings is 1. The molecule has 3 nitrogen and oxygen atoms in total. The van der Waals surface area contributed by atoms with E-state index in [9.17, 15) is 0 Å². The average Bonchev–Trinajstić information content (AvgIpc) is 2.67. The summed E-state index contributed by atoms with van der Waals surface area (Å²) in [5.41, 5.74) is 0. The topological polar surface area (TPSA) is 10.4 Å². The van der Waals surface area contributed by atoms with E-state index < -0.39 is 0 Å². The Morgan fingerprint density at radius 3 is 3.23 bits per heavy atom. The third-order valence-corrected chi connectivity index (χ3v) is 2.79. The Labute approximate surface area is 78.0 Å². The molecule has 0 N–H and O–H groups in total. The molecule has 0 saturated carbocycles. The van der Waals surface area contributed by atoms with Gasteiger partial charge in [-0.15, -0.1) is 0 Å². The van der Waals surface area contributed by atoms with Crippen LogP contribution in [0.4, 0.5) is 5.82 Å². The SMILES string of the molecule is CN1C=CN2B1C[n+]1ccccc12. The predicted octanol–water partition coefficient (Wildman–Crippen LogP) is 0.238. The Morgan fingerprint density at radius 1 is 1.38 bits per heavy atom. The second-order valence-corrected chi connectivity index (χ2v) is 3.56. The summed E-state index contributed by atoms with van der Waals surface area (Å²) < 4.78 is 2.28. The molecule has 64 valence electrons. The van der Waals surface area contributed by atoms with E-state index in [1.807, 2.05) is 0 Å². The lowest BCUT2D eigenvalue weighted by atomic mass is 9.75. The monoisotopic (exact) mass is 172 g/mol. The van der Waals surface area contributed by atoms with E-state index in [2.05, 4.69) is 58.0 Å². The maximum absolute atomic E-state index is 2.31. The number of fused-ring (bicyclic) bond motifs is 3. The van der Waals surface area contributed by atoms with E-state index in [1.165, 1.54) is 5.82 Å². The lowest BCUT2D eigenvalue weighted by Crippen LogP contribution is -2.43. The van der Waals surface area contributed by atoms with E-state index in [-0.39, 0.29) is 0 Å². The standard InChI is InChI=1S/C9H11BN3/c1-11-6-7-13-9-4-2-3-5-12(9)8-10(11)13/h2-7H,8H2,1H3/q+1. The normalized spacial score (nSPS) is 18.1. The summed E-state index contributed by atoms with van der Waals surface area (Å²) in [6.07, 6.45) is 7.46. The van der Waals surface area contributed by atoms with E-state index in [4.69, 9.17) is 0 Å². The highest BCUT2D eigenvalue weighted by atomic mass is 15.3. The molecule has 0 bridgehead atoms. The first-order chi connectivity index (χ1) is 6.36. The number of nitrogens with zero attached hydrogens (tertiary/aromatic N) is 3. The highest BCUT2D eigenvalue weighted by Gasteiger charge is 2.47. The summed E-state index contributed by atoms with van der Waals surface area (Å²) in [6.45, 7) is 0.488. The summed E-state index contributed by atoms with van der Waals surface area (Å²) >= 11 is 0. The Bertz CT molecular complexity index is 377. The van der Waals surface area contributed by atoms with Crippen LogP contribution in [0, 0.1) is 0 Å². The van der Waals surface area contributed by atoms with Gasteiger partial charge in [-0.2, -0.15) is 0 Å². The van der Waals surface area contributed by atoms with Crippen LogP contribution >= 0.6 is 0 Å². The minimum atomic E-state index is 0.488. The Kier molecular flexibility index (Phi) is 1.23. The molecule has 2 aliphatic rings. The van der Waals surface area contributed by atoms with Crippen LogP contribution in [0.3, 0.4) is 0 Å². The zero-order chi connectivity index (χ0) is 8.84. The summed E-state index contributed by atoms with van der Waals surface area (Å²) in [5, 5.41) is 0. The predicted molar refractivity (Wildman–Crippen MR) is 51.8 cm³/mol. The van der Waals surface area contributed by atoms with Gasteiger partial charge in [-0.3, -0.25) is 4.81 Å². The molecule has 4 heteroatoms. The number of hydrogen-bond donors (Lipinski definition) is 0. The lowest BCUT2D eigenvalue weighted by molar-refractivity contribution is -0.661. The van der Waals surface area contributed by atoms with Gasteiger partial charge in [0.15, 0.2) is 0 Å². The van der Waals surface area contributed by atoms with Crippen molar-refractivity contribution in [2.45, 2.75) is 6.44 Å². The summed E-state index contributed by atoms with van der Waals surface area (Å²) in [7, 11) is 2.12. The minimum absolute atomic E-state index is 0.488. The quantitative estimate of drug-likeness (QED) is 0.409. The first kappa shape index (κ1) is 7.01. The van der Waals surface area contributed by atoms with Gasteiger partial charge in [-0.25, -0.2) is 4.57 Å². The number of hydrogen-bond acceptors (Lipinski definition) is 2. The number of rotatable bonds is 0. The van der Waals surface area contributed by atoms with Gasteiger partial charge in [-0.1, -0.05) is 6.07 Å². The van der Waals surface area contributed by atoms with Crippen LogP contribution in [0.25, 0.3) is 0 Å². The molecule has 0 atom stereocenters. The third kappa shape index (κ3) is 0.827. The van der Waals surface area contributed by atoms with Gasteiger partial charge in [0.25, 0.3) is 5.82 Å². The zero-order valence-corrected chi connectivity index (χ0v) is 7.59. The first-order valence-electron chi connectivity index (χ1n) is 4.53. The smallest absolute Gasteiger partial charge is 0.377 e. The molecule has 0 saturated heterocycles. The maximum atomic E-state index is 2.31. The van der Waals surface area contributed by atoms with Crippen molar-refractivity contribution in [1.29, 1.82) is 0 Å². The van der Waals surface area contributed by atoms with E-state index in [1.54, 1.807) is 0 Å². The Morgan fingerprint density at radius 2 is 2.31 bits per heavy atom. The molecule has 3 rings (SSSR count). The first-order valence-corrected chi connectivity index (χ1v) is 4.53. The van der Waals surface area contributed by atoms with Crippen molar-refractivity contribution < 1.29 is 4.57 Å². The largest absolute Gasteiger partial charge is 0.544 e. The average molecular weight is 172 g/mol. The van der Waals surface area contributed by atoms with E-state index in [0.29, 0.717) is 6.98 Å². The van der Waals surface area contributed by atoms with Gasteiger partial charge in [0.05, 0.1) is 12.4 Å². The number of anilines is 1. The van der Waals surface area contributed by atoms with Crippen molar-refractivity contribution in [3.63, 3.8) is 0 Å². The third-order valence-electron chi connectivity index (χ3n) is 2.79. The maximum Gasteiger partial charge on any atom is 0.544 e. The van der Waals surface area contributed by atoms with Crippen LogP contribution in [0.5, 0.6) is 0 Å². The molecule has 0 aliphatic carbocycles. The molecule has 2 aliphatic heterocycles. The summed E-state index contributed by atoms with van der Waals surface area (Å²) in [6, 6.07) is 6.32. The fourth-order valence-corrected chi connectivity index (χ4v) is 2.05. The highest BCUT2D eigenvalue weighted by Crippen LogP contribution is 2.22. The van der Waals surface area contributed by atoms with E-state index >= 15 is 0 Å². The molecule has 0 unspecified atom stereocenters. The van der Waals surface area contributed by atoms with Crippen molar-refractivity contribution in [2.24, 2.45) is 0 Å². The molecule has 0 aromatic carbocycles. The van der Waals surface area contributed by atoms with Gasteiger partial charge in [-0.05, 0) is 13.1 Å². The lowest BCUT2D eigenvalue weighted by Gasteiger charge is -2.09. The van der Waals surface area contributed by atoms with Crippen molar-refractivity contribution in [1.82, 2.24) is 4.81 Å². The van der Waals surface area contributed by atoms with Crippen LogP contribution < -0.4 is 9.38 Å². The van der Waals surface area contributed by atoms with Crippen molar-refractivity contribution in [3.05, 3.63) is 36.8 Å². The van der Waals surface area contributed by atoms with Crippen LogP contribution in [0.2, 0.25) is 0 Å². The van der Waals surface area contributed by atoms with Crippen molar-refractivity contribution in [2.75, 3.05) is 11.9 Å². The fraction of sp³-hybridized carbons (Fsp3) is 0.222. The molecule has 0 spiro atoms. The minimum Gasteiger partial charge on any atom is -0.377 e. The molecule has 1 aromatic heterocycles. The number of aromatic nitrogens is 1. The van der Waals surface area contributed by atoms with Crippen LogP contribution in [0.15, 0.2) is 36.8 Å². The van der Waals surface area contributed by atoms with Gasteiger partial charge >= 0.3 is 6.98 Å². The second kappa shape index (κ2) is 2.28. The van der Waals surface area contributed by atoms with Gasteiger partial charge in [0.2, 0.25) is 0 Å². The van der Waals surface area contributed by atoms with E-state index in [0.717, 1.165) is 6.44 Å². The van der Waals surface area contributed by atoms with Gasteiger partial charge < -0.3 is 4.81 Å². The summed E-state index contributed by atoms with van der Waals surface area (Å²) in [4.78, 5) is 4.55. The van der Waals surface area contributed by atoms with Crippen LogP contribution in [-0.4, -0.2) is 18.8 Å². The molecular formula is C9H11BN3+.